The molecule has 0 aliphatic heterocycles. The zero-order valence-corrected chi connectivity index (χ0v) is 10.8. The van der Waals surface area contributed by atoms with Crippen molar-refractivity contribution in [2.45, 2.75) is 19.5 Å². The maximum absolute atomic E-state index is 11.9. The third kappa shape index (κ3) is 6.91. The number of alkyl halides is 3. The smallest absolute Gasteiger partial charge is 0.390 e. The van der Waals surface area contributed by atoms with Crippen LogP contribution >= 0.6 is 0 Å². The van der Waals surface area contributed by atoms with Crippen LogP contribution in [-0.2, 0) is 0 Å². The van der Waals surface area contributed by atoms with E-state index in [0.717, 1.165) is 0 Å². The highest BCUT2D eigenvalue weighted by atomic mass is 19.4. The molecule has 1 aromatic carbocycles. The zero-order chi connectivity index (χ0) is 14.1. The highest BCUT2D eigenvalue weighted by Crippen LogP contribution is 2.26. The predicted octanol–water partition coefficient (Wildman–Crippen LogP) is 3.01. The first-order valence-corrected chi connectivity index (χ1v) is 6.15. The van der Waals surface area contributed by atoms with Crippen molar-refractivity contribution in [1.82, 2.24) is 5.32 Å². The first kappa shape index (κ1) is 15.6. The van der Waals surface area contributed by atoms with Gasteiger partial charge in [0.1, 0.15) is 6.61 Å². The summed E-state index contributed by atoms with van der Waals surface area (Å²) < 4.78 is 46.5. The molecule has 0 amide bonds. The molecule has 6 heteroatoms. The molecule has 3 nitrogen and oxygen atoms in total. The summed E-state index contributed by atoms with van der Waals surface area (Å²) in [4.78, 5) is 0. The van der Waals surface area contributed by atoms with E-state index in [1.54, 1.807) is 12.1 Å². The van der Waals surface area contributed by atoms with Crippen LogP contribution < -0.4 is 14.8 Å². The molecule has 1 rings (SSSR count). The molecular weight excluding hydrogens is 259 g/mol. The molecule has 1 aromatic rings. The second-order valence-corrected chi connectivity index (χ2v) is 3.84. The van der Waals surface area contributed by atoms with Crippen LogP contribution in [0.3, 0.4) is 0 Å². The van der Waals surface area contributed by atoms with Crippen LogP contribution in [0.4, 0.5) is 13.2 Å². The number of nitrogens with one attached hydrogen (secondary N) is 1. The van der Waals surface area contributed by atoms with Crippen molar-refractivity contribution in [2.75, 3.05) is 26.3 Å². The van der Waals surface area contributed by atoms with Crippen molar-refractivity contribution in [3.05, 3.63) is 24.3 Å². The Labute approximate surface area is 110 Å². The molecule has 0 bridgehead atoms. The van der Waals surface area contributed by atoms with Crippen molar-refractivity contribution >= 4 is 0 Å². The summed E-state index contributed by atoms with van der Waals surface area (Å²) in [5.74, 6) is 1.24. The molecule has 0 radical (unpaired) electrons. The van der Waals surface area contributed by atoms with E-state index >= 15 is 0 Å². The third-order valence-corrected chi connectivity index (χ3v) is 2.27. The Morgan fingerprint density at radius 2 is 1.68 bits per heavy atom. The quantitative estimate of drug-likeness (QED) is 0.741. The monoisotopic (exact) mass is 277 g/mol. The molecule has 19 heavy (non-hydrogen) atoms. The molecule has 0 spiro atoms. The van der Waals surface area contributed by atoms with E-state index in [4.69, 9.17) is 9.47 Å². The lowest BCUT2D eigenvalue weighted by Crippen LogP contribution is -2.25. The minimum absolute atomic E-state index is 0.0973. The standard InChI is InChI=1S/C13H18F3NO2/c1-2-18-11-5-3-4-6-12(11)19-10-9-17-8-7-13(14,15)16/h3-6,17H,2,7-10H2,1H3. The van der Waals surface area contributed by atoms with Crippen molar-refractivity contribution in [2.24, 2.45) is 0 Å². The summed E-state index contributed by atoms with van der Waals surface area (Å²) >= 11 is 0. The summed E-state index contributed by atoms with van der Waals surface area (Å²) in [6.07, 6.45) is -4.95. The van der Waals surface area contributed by atoms with Crippen LogP contribution in [0.25, 0.3) is 0 Å². The van der Waals surface area contributed by atoms with Crippen LogP contribution in [-0.4, -0.2) is 32.5 Å². The molecule has 1 N–H and O–H groups in total. The number of halogens is 3. The van der Waals surface area contributed by atoms with Gasteiger partial charge in [0.25, 0.3) is 0 Å². The average Bonchev–Trinajstić information content (AvgIpc) is 2.34. The molecule has 0 heterocycles. The summed E-state index contributed by atoms with van der Waals surface area (Å²) in [6.45, 7) is 2.96. The molecule has 0 atom stereocenters. The number of hydrogen-bond donors (Lipinski definition) is 1. The SMILES string of the molecule is CCOc1ccccc1OCCNCCC(F)(F)F. The largest absolute Gasteiger partial charge is 0.490 e. The molecule has 0 fully saturated rings. The summed E-state index contributed by atoms with van der Waals surface area (Å²) in [7, 11) is 0. The number of hydrogen-bond acceptors (Lipinski definition) is 3. The molecule has 0 unspecified atom stereocenters. The van der Waals surface area contributed by atoms with Crippen LogP contribution in [0, 0.1) is 0 Å². The van der Waals surface area contributed by atoms with Crippen LogP contribution in [0.5, 0.6) is 11.5 Å². The van der Waals surface area contributed by atoms with Gasteiger partial charge >= 0.3 is 6.18 Å². The zero-order valence-electron chi connectivity index (χ0n) is 10.8. The average molecular weight is 277 g/mol. The third-order valence-electron chi connectivity index (χ3n) is 2.27. The Morgan fingerprint density at radius 3 is 2.26 bits per heavy atom. The fraction of sp³-hybridized carbons (Fsp3) is 0.538. The number of para-hydroxylation sites is 2. The number of benzene rings is 1. The van der Waals surface area contributed by atoms with Crippen molar-refractivity contribution in [3.63, 3.8) is 0 Å². The fourth-order valence-corrected chi connectivity index (χ4v) is 1.43. The predicted molar refractivity (Wildman–Crippen MR) is 66.6 cm³/mol. The van der Waals surface area contributed by atoms with E-state index in [0.29, 0.717) is 31.3 Å². The highest BCUT2D eigenvalue weighted by Gasteiger charge is 2.25. The lowest BCUT2D eigenvalue weighted by Gasteiger charge is -2.12. The summed E-state index contributed by atoms with van der Waals surface area (Å²) in [6, 6.07) is 7.20. The minimum Gasteiger partial charge on any atom is -0.490 e. The van der Waals surface area contributed by atoms with Crippen molar-refractivity contribution in [3.8, 4) is 11.5 Å². The Hall–Kier alpha value is -1.43. The molecule has 0 saturated heterocycles. The Kier molecular flexibility index (Phi) is 6.49. The minimum atomic E-state index is -4.12. The van der Waals surface area contributed by atoms with Gasteiger partial charge in [-0.3, -0.25) is 0 Å². The van der Waals surface area contributed by atoms with E-state index in [1.165, 1.54) is 0 Å². The maximum Gasteiger partial charge on any atom is 0.390 e. The molecule has 0 aromatic heterocycles. The summed E-state index contributed by atoms with van der Waals surface area (Å²) in [5, 5.41) is 2.68. The van der Waals surface area contributed by atoms with Crippen molar-refractivity contribution < 1.29 is 22.6 Å². The summed E-state index contributed by atoms with van der Waals surface area (Å²) in [5.41, 5.74) is 0. The topological polar surface area (TPSA) is 30.5 Å². The first-order chi connectivity index (χ1) is 9.03. The van der Waals surface area contributed by atoms with Gasteiger partial charge in [-0.2, -0.15) is 13.2 Å². The normalized spacial score (nSPS) is 11.4. The van der Waals surface area contributed by atoms with E-state index in [-0.39, 0.29) is 6.54 Å². The van der Waals surface area contributed by atoms with Gasteiger partial charge in [0.15, 0.2) is 11.5 Å². The van der Waals surface area contributed by atoms with Gasteiger partial charge in [-0.1, -0.05) is 12.1 Å². The number of ether oxygens (including phenoxy) is 2. The van der Waals surface area contributed by atoms with Gasteiger partial charge in [0.05, 0.1) is 13.0 Å². The van der Waals surface area contributed by atoms with Gasteiger partial charge in [-0.15, -0.1) is 0 Å². The van der Waals surface area contributed by atoms with E-state index < -0.39 is 12.6 Å². The molecular formula is C13H18F3NO2. The Bertz CT molecular complexity index is 369. The molecule has 0 aliphatic carbocycles. The number of rotatable bonds is 8. The van der Waals surface area contributed by atoms with E-state index in [1.807, 2.05) is 19.1 Å². The van der Waals surface area contributed by atoms with E-state index in [9.17, 15) is 13.2 Å². The van der Waals surface area contributed by atoms with Gasteiger partial charge in [0.2, 0.25) is 0 Å². The lowest BCUT2D eigenvalue weighted by atomic mass is 10.3. The molecule has 108 valence electrons. The van der Waals surface area contributed by atoms with Crippen LogP contribution in [0.1, 0.15) is 13.3 Å². The second kappa shape index (κ2) is 7.89. The van der Waals surface area contributed by atoms with Gasteiger partial charge < -0.3 is 14.8 Å². The van der Waals surface area contributed by atoms with Gasteiger partial charge in [-0.25, -0.2) is 0 Å². The van der Waals surface area contributed by atoms with E-state index in [2.05, 4.69) is 5.32 Å². The maximum atomic E-state index is 11.9. The highest BCUT2D eigenvalue weighted by molar-refractivity contribution is 5.39. The molecule has 0 saturated carbocycles. The Morgan fingerprint density at radius 1 is 1.05 bits per heavy atom. The van der Waals surface area contributed by atoms with Gasteiger partial charge in [-0.05, 0) is 19.1 Å². The molecule has 0 aliphatic rings. The second-order valence-electron chi connectivity index (χ2n) is 3.84. The van der Waals surface area contributed by atoms with Crippen molar-refractivity contribution in [1.29, 1.82) is 0 Å². The van der Waals surface area contributed by atoms with Crippen LogP contribution in [0.15, 0.2) is 24.3 Å². The lowest BCUT2D eigenvalue weighted by molar-refractivity contribution is -0.133. The first-order valence-electron chi connectivity index (χ1n) is 6.15. The van der Waals surface area contributed by atoms with Gasteiger partial charge in [0, 0.05) is 13.1 Å². The fourth-order valence-electron chi connectivity index (χ4n) is 1.43. The van der Waals surface area contributed by atoms with Crippen LogP contribution in [0.2, 0.25) is 0 Å². The Balaban J connectivity index is 2.22.